The fraction of sp³-hybridized carbons (Fsp3) is 1.00. The molecule has 1 fully saturated rings. The summed E-state index contributed by atoms with van der Waals surface area (Å²) < 4.78 is 0. The maximum atomic E-state index is 3.56. The maximum absolute atomic E-state index is 3.56. The number of hydrogen-bond donors (Lipinski definition) is 2. The number of piperazine rings is 1. The zero-order valence-electron chi connectivity index (χ0n) is 10.4. The molecule has 1 atom stereocenters. The molecule has 0 radical (unpaired) electrons. The molecule has 0 aliphatic carbocycles. The molecule has 1 heterocycles. The van der Waals surface area contributed by atoms with Gasteiger partial charge in [-0.25, -0.2) is 0 Å². The topological polar surface area (TPSA) is 30.5 Å². The van der Waals surface area contributed by atoms with E-state index in [1.165, 1.54) is 19.5 Å². The van der Waals surface area contributed by atoms with E-state index < -0.39 is 0 Å². The van der Waals surface area contributed by atoms with E-state index in [-0.39, 0.29) is 0 Å². The summed E-state index contributed by atoms with van der Waals surface area (Å²) in [5.74, 6) is 0. The quantitative estimate of drug-likeness (QED) is 0.580. The van der Waals surface area contributed by atoms with Gasteiger partial charge in [0.15, 0.2) is 0 Å². The highest BCUT2D eigenvalue weighted by molar-refractivity contribution is 4.77. The van der Waals surface area contributed by atoms with Crippen molar-refractivity contribution in [2.24, 2.45) is 0 Å². The van der Waals surface area contributed by atoms with Crippen LogP contribution in [0.3, 0.4) is 0 Å². The van der Waals surface area contributed by atoms with Gasteiger partial charge in [-0.05, 0) is 34.1 Å². The van der Waals surface area contributed by atoms with Gasteiger partial charge in [0.1, 0.15) is 0 Å². The first-order valence-electron chi connectivity index (χ1n) is 5.96. The van der Waals surface area contributed by atoms with Crippen molar-refractivity contribution in [3.63, 3.8) is 0 Å². The molecule has 1 saturated heterocycles. The molecule has 15 heavy (non-hydrogen) atoms. The molecule has 0 aromatic rings. The predicted octanol–water partition coefficient (Wildman–Crippen LogP) is -0.569. The average Bonchev–Trinajstić information content (AvgIpc) is 2.17. The molecule has 0 bridgehead atoms. The van der Waals surface area contributed by atoms with Crippen molar-refractivity contribution in [3.05, 3.63) is 0 Å². The third-order valence-electron chi connectivity index (χ3n) is 2.86. The third-order valence-corrected chi connectivity index (χ3v) is 2.86. The zero-order chi connectivity index (χ0) is 11.1. The largest absolute Gasteiger partial charge is 0.315 e. The first-order valence-corrected chi connectivity index (χ1v) is 5.96. The highest BCUT2D eigenvalue weighted by Crippen LogP contribution is 1.99. The molecule has 1 unspecified atom stereocenters. The van der Waals surface area contributed by atoms with Crippen LogP contribution < -0.4 is 10.6 Å². The summed E-state index contributed by atoms with van der Waals surface area (Å²) in [6, 6.07) is 0.676. The Morgan fingerprint density at radius 2 is 2.20 bits per heavy atom. The Bertz CT molecular complexity index is 161. The standard InChI is InChI=1S/C11H26N4/c1-14(2)8-6-12-5-4-11-10-15(3)9-7-13-11/h11-13H,4-10H2,1-3H3. The Morgan fingerprint density at radius 3 is 2.87 bits per heavy atom. The fourth-order valence-corrected chi connectivity index (χ4v) is 1.89. The van der Waals surface area contributed by atoms with E-state index in [2.05, 4.69) is 41.6 Å². The average molecular weight is 214 g/mol. The lowest BCUT2D eigenvalue weighted by molar-refractivity contribution is 0.231. The first-order chi connectivity index (χ1) is 7.18. The number of nitrogens with zero attached hydrogens (tertiary/aromatic N) is 2. The molecular formula is C11H26N4. The van der Waals surface area contributed by atoms with Crippen LogP contribution in [-0.4, -0.2) is 76.3 Å². The highest BCUT2D eigenvalue weighted by atomic mass is 15.2. The van der Waals surface area contributed by atoms with Crippen LogP contribution in [0.25, 0.3) is 0 Å². The molecule has 0 aromatic heterocycles. The second-order valence-electron chi connectivity index (χ2n) is 4.76. The van der Waals surface area contributed by atoms with E-state index >= 15 is 0 Å². The molecule has 0 aromatic carbocycles. The summed E-state index contributed by atoms with van der Waals surface area (Å²) in [7, 11) is 6.42. The van der Waals surface area contributed by atoms with E-state index in [1.807, 2.05) is 0 Å². The number of rotatable bonds is 6. The molecule has 90 valence electrons. The van der Waals surface area contributed by atoms with E-state index in [1.54, 1.807) is 0 Å². The molecule has 4 heteroatoms. The van der Waals surface area contributed by atoms with E-state index in [0.29, 0.717) is 6.04 Å². The van der Waals surface area contributed by atoms with Crippen LogP contribution >= 0.6 is 0 Å². The summed E-state index contributed by atoms with van der Waals surface area (Å²) in [5.41, 5.74) is 0. The third kappa shape index (κ3) is 6.10. The van der Waals surface area contributed by atoms with Gasteiger partial charge < -0.3 is 20.4 Å². The van der Waals surface area contributed by atoms with Crippen LogP contribution in [0.5, 0.6) is 0 Å². The number of likely N-dealkylation sites (N-methyl/N-ethyl adjacent to an activating group) is 2. The monoisotopic (exact) mass is 214 g/mol. The Hall–Kier alpha value is -0.160. The molecule has 1 rings (SSSR count). The van der Waals surface area contributed by atoms with Crippen molar-refractivity contribution in [2.75, 3.05) is 60.4 Å². The number of nitrogens with one attached hydrogen (secondary N) is 2. The summed E-state index contributed by atoms with van der Waals surface area (Å²) in [5, 5.41) is 7.04. The molecular weight excluding hydrogens is 188 g/mol. The second-order valence-corrected chi connectivity index (χ2v) is 4.76. The molecule has 0 saturated carbocycles. The van der Waals surface area contributed by atoms with Crippen molar-refractivity contribution >= 4 is 0 Å². The van der Waals surface area contributed by atoms with Gasteiger partial charge in [-0.1, -0.05) is 0 Å². The lowest BCUT2D eigenvalue weighted by Crippen LogP contribution is -2.49. The summed E-state index contributed by atoms with van der Waals surface area (Å²) >= 11 is 0. The van der Waals surface area contributed by atoms with Crippen LogP contribution in [0, 0.1) is 0 Å². The second kappa shape index (κ2) is 7.17. The van der Waals surface area contributed by atoms with Crippen LogP contribution in [0.4, 0.5) is 0 Å². The van der Waals surface area contributed by atoms with Gasteiger partial charge in [-0.2, -0.15) is 0 Å². The molecule has 1 aliphatic rings. The van der Waals surface area contributed by atoms with Crippen molar-refractivity contribution < 1.29 is 0 Å². The van der Waals surface area contributed by atoms with Gasteiger partial charge in [0.05, 0.1) is 0 Å². The van der Waals surface area contributed by atoms with Crippen LogP contribution in [-0.2, 0) is 0 Å². The summed E-state index contributed by atoms with van der Waals surface area (Å²) in [6.07, 6.45) is 1.23. The maximum Gasteiger partial charge on any atom is 0.0207 e. The van der Waals surface area contributed by atoms with Crippen molar-refractivity contribution in [1.29, 1.82) is 0 Å². The van der Waals surface area contributed by atoms with Crippen molar-refractivity contribution in [1.82, 2.24) is 20.4 Å². The molecule has 4 nitrogen and oxygen atoms in total. The SMILES string of the molecule is CN(C)CCNCCC1CN(C)CCN1. The van der Waals surface area contributed by atoms with Crippen LogP contribution in [0.2, 0.25) is 0 Å². The summed E-state index contributed by atoms with van der Waals surface area (Å²) in [6.45, 7) is 6.85. The lowest BCUT2D eigenvalue weighted by atomic mass is 10.1. The molecule has 0 amide bonds. The van der Waals surface area contributed by atoms with Gasteiger partial charge >= 0.3 is 0 Å². The Morgan fingerprint density at radius 1 is 1.40 bits per heavy atom. The molecule has 0 spiro atoms. The lowest BCUT2D eigenvalue weighted by Gasteiger charge is -2.31. The van der Waals surface area contributed by atoms with Crippen LogP contribution in [0.1, 0.15) is 6.42 Å². The number of hydrogen-bond acceptors (Lipinski definition) is 4. The molecule has 1 aliphatic heterocycles. The smallest absolute Gasteiger partial charge is 0.0207 e. The minimum atomic E-state index is 0.676. The minimum absolute atomic E-state index is 0.676. The van der Waals surface area contributed by atoms with Crippen LogP contribution in [0.15, 0.2) is 0 Å². The van der Waals surface area contributed by atoms with E-state index in [9.17, 15) is 0 Å². The Kier molecular flexibility index (Phi) is 6.17. The minimum Gasteiger partial charge on any atom is -0.315 e. The van der Waals surface area contributed by atoms with Gasteiger partial charge in [-0.3, -0.25) is 0 Å². The van der Waals surface area contributed by atoms with Gasteiger partial charge in [-0.15, -0.1) is 0 Å². The Balaban J connectivity index is 1.95. The molecule has 2 N–H and O–H groups in total. The first kappa shape index (κ1) is 12.9. The van der Waals surface area contributed by atoms with Crippen molar-refractivity contribution in [2.45, 2.75) is 12.5 Å². The van der Waals surface area contributed by atoms with Gasteiger partial charge in [0, 0.05) is 38.8 Å². The zero-order valence-corrected chi connectivity index (χ0v) is 10.4. The summed E-state index contributed by atoms with van der Waals surface area (Å²) in [4.78, 5) is 4.61. The normalized spacial score (nSPS) is 23.6. The highest BCUT2D eigenvalue weighted by Gasteiger charge is 2.15. The Labute approximate surface area is 94.0 Å². The predicted molar refractivity (Wildman–Crippen MR) is 65.3 cm³/mol. The van der Waals surface area contributed by atoms with Gasteiger partial charge in [0.2, 0.25) is 0 Å². The van der Waals surface area contributed by atoms with Gasteiger partial charge in [0.25, 0.3) is 0 Å². The van der Waals surface area contributed by atoms with E-state index in [0.717, 1.165) is 26.2 Å². The van der Waals surface area contributed by atoms with Crippen molar-refractivity contribution in [3.8, 4) is 0 Å². The van der Waals surface area contributed by atoms with E-state index in [4.69, 9.17) is 0 Å². The fourth-order valence-electron chi connectivity index (χ4n) is 1.89.